The first-order chi connectivity index (χ1) is 13.6. The highest BCUT2D eigenvalue weighted by Crippen LogP contribution is 2.16. The maximum atomic E-state index is 13.4. The molecule has 1 unspecified atom stereocenters. The second-order valence-corrected chi connectivity index (χ2v) is 6.42. The van der Waals surface area contributed by atoms with Gasteiger partial charge in [0, 0.05) is 12.4 Å². The second-order valence-electron chi connectivity index (χ2n) is 6.42. The number of fused-ring (bicyclic) bond motifs is 1. The highest BCUT2D eigenvalue weighted by molar-refractivity contribution is 5.75. The molecular weight excluding hydrogens is 356 g/mol. The Balaban J connectivity index is 2.04. The fourth-order valence-corrected chi connectivity index (χ4v) is 3.24. The smallest absolute Gasteiger partial charge is 0.337 e. The largest absolute Gasteiger partial charge is 0.392 e. The lowest BCUT2D eigenvalue weighted by atomic mass is 10.2. The summed E-state index contributed by atoms with van der Waals surface area (Å²) < 4.78 is 2.61. The molecule has 0 saturated carbocycles. The SMILES string of the molecule is CC(c1ccccn1)n1c(=O)c2cccnc2n(-c2ccc(CO)cc2)c1=O. The van der Waals surface area contributed by atoms with Gasteiger partial charge in [0.1, 0.15) is 0 Å². The van der Waals surface area contributed by atoms with Crippen molar-refractivity contribution in [2.24, 2.45) is 0 Å². The molecule has 0 aliphatic carbocycles. The molecule has 0 bridgehead atoms. The Kier molecular flexibility index (Phi) is 4.58. The number of aromatic nitrogens is 4. The molecule has 1 atom stereocenters. The van der Waals surface area contributed by atoms with Crippen molar-refractivity contribution in [3.63, 3.8) is 0 Å². The molecule has 140 valence electrons. The van der Waals surface area contributed by atoms with Crippen LogP contribution in [-0.2, 0) is 6.61 Å². The highest BCUT2D eigenvalue weighted by atomic mass is 16.3. The van der Waals surface area contributed by atoms with E-state index in [1.165, 1.54) is 9.13 Å². The summed E-state index contributed by atoms with van der Waals surface area (Å²) in [4.78, 5) is 35.0. The van der Waals surface area contributed by atoms with E-state index in [-0.39, 0.29) is 6.61 Å². The van der Waals surface area contributed by atoms with E-state index in [1.807, 2.05) is 6.07 Å². The van der Waals surface area contributed by atoms with Crippen LogP contribution in [0.25, 0.3) is 16.7 Å². The van der Waals surface area contributed by atoms with Crippen LogP contribution in [0.4, 0.5) is 0 Å². The number of nitrogens with zero attached hydrogens (tertiary/aromatic N) is 4. The van der Waals surface area contributed by atoms with Gasteiger partial charge >= 0.3 is 5.69 Å². The third-order valence-electron chi connectivity index (χ3n) is 4.73. The molecule has 0 spiro atoms. The first-order valence-electron chi connectivity index (χ1n) is 8.85. The van der Waals surface area contributed by atoms with Crippen molar-refractivity contribution in [3.8, 4) is 5.69 Å². The standard InChI is InChI=1S/C21H18N4O3/c1-14(18-6-2-3-11-22-18)24-20(27)17-5-4-12-23-19(17)25(21(24)28)16-9-7-15(13-26)8-10-16/h2-12,14,26H,13H2,1H3. The zero-order valence-corrected chi connectivity index (χ0v) is 15.2. The van der Waals surface area contributed by atoms with Crippen molar-refractivity contribution in [1.29, 1.82) is 0 Å². The zero-order chi connectivity index (χ0) is 19.7. The van der Waals surface area contributed by atoms with E-state index in [9.17, 15) is 14.7 Å². The second kappa shape index (κ2) is 7.21. The molecule has 0 radical (unpaired) electrons. The lowest BCUT2D eigenvalue weighted by molar-refractivity contribution is 0.282. The van der Waals surface area contributed by atoms with E-state index in [4.69, 9.17) is 0 Å². The van der Waals surface area contributed by atoms with Gasteiger partial charge in [-0.2, -0.15) is 0 Å². The van der Waals surface area contributed by atoms with E-state index in [1.54, 1.807) is 67.8 Å². The van der Waals surface area contributed by atoms with Crippen molar-refractivity contribution < 1.29 is 5.11 Å². The van der Waals surface area contributed by atoms with Crippen LogP contribution in [0.15, 0.2) is 76.6 Å². The van der Waals surface area contributed by atoms with Gasteiger partial charge < -0.3 is 5.11 Å². The minimum Gasteiger partial charge on any atom is -0.392 e. The van der Waals surface area contributed by atoms with Crippen molar-refractivity contribution in [3.05, 3.63) is 99.1 Å². The van der Waals surface area contributed by atoms with Crippen LogP contribution >= 0.6 is 0 Å². The normalized spacial score (nSPS) is 12.2. The predicted octanol–water partition coefficient (Wildman–Crippen LogP) is 2.04. The van der Waals surface area contributed by atoms with Crippen LogP contribution in [0, 0.1) is 0 Å². The van der Waals surface area contributed by atoms with Crippen LogP contribution in [-0.4, -0.2) is 24.2 Å². The zero-order valence-electron chi connectivity index (χ0n) is 15.2. The Hall–Kier alpha value is -3.58. The first kappa shape index (κ1) is 17.8. The summed E-state index contributed by atoms with van der Waals surface area (Å²) in [5, 5.41) is 9.62. The van der Waals surface area contributed by atoms with Gasteiger partial charge in [0.25, 0.3) is 5.56 Å². The average molecular weight is 374 g/mol. The molecule has 0 saturated heterocycles. The Morgan fingerprint density at radius 3 is 2.39 bits per heavy atom. The Morgan fingerprint density at radius 2 is 1.71 bits per heavy atom. The maximum absolute atomic E-state index is 13.4. The van der Waals surface area contributed by atoms with Crippen molar-refractivity contribution in [2.75, 3.05) is 0 Å². The topological polar surface area (TPSA) is 90.0 Å². The minimum atomic E-state index is -0.547. The number of pyridine rings is 2. The fourth-order valence-electron chi connectivity index (χ4n) is 3.24. The summed E-state index contributed by atoms with van der Waals surface area (Å²) in [5.74, 6) is 0. The number of hydrogen-bond donors (Lipinski definition) is 1. The van der Waals surface area contributed by atoms with Gasteiger partial charge in [-0.05, 0) is 48.9 Å². The van der Waals surface area contributed by atoms with Gasteiger partial charge in [-0.25, -0.2) is 14.3 Å². The molecule has 4 rings (SSSR count). The van der Waals surface area contributed by atoms with E-state index >= 15 is 0 Å². The lowest BCUT2D eigenvalue weighted by Crippen LogP contribution is -2.41. The molecular formula is C21H18N4O3. The molecule has 0 amide bonds. The van der Waals surface area contributed by atoms with Gasteiger partial charge in [-0.15, -0.1) is 0 Å². The third kappa shape index (κ3) is 2.91. The number of aliphatic hydroxyl groups excluding tert-OH is 1. The number of benzene rings is 1. The number of hydrogen-bond acceptors (Lipinski definition) is 5. The number of aliphatic hydroxyl groups is 1. The fraction of sp³-hybridized carbons (Fsp3) is 0.143. The van der Waals surface area contributed by atoms with E-state index < -0.39 is 17.3 Å². The van der Waals surface area contributed by atoms with Crippen molar-refractivity contribution >= 4 is 11.0 Å². The summed E-state index contributed by atoms with van der Waals surface area (Å²) in [6, 6.07) is 15.1. The van der Waals surface area contributed by atoms with Crippen LogP contribution in [0.2, 0.25) is 0 Å². The molecule has 0 aliphatic rings. The van der Waals surface area contributed by atoms with Crippen LogP contribution in [0.5, 0.6) is 0 Å². The molecule has 3 aromatic heterocycles. The molecule has 7 heteroatoms. The monoisotopic (exact) mass is 374 g/mol. The summed E-state index contributed by atoms with van der Waals surface area (Å²) in [6.45, 7) is 1.68. The molecule has 7 nitrogen and oxygen atoms in total. The van der Waals surface area contributed by atoms with Gasteiger partial charge in [0.2, 0.25) is 0 Å². The summed E-state index contributed by atoms with van der Waals surface area (Å²) in [6.07, 6.45) is 3.18. The predicted molar refractivity (Wildman–Crippen MR) is 106 cm³/mol. The van der Waals surface area contributed by atoms with Crippen LogP contribution in [0.3, 0.4) is 0 Å². The first-order valence-corrected chi connectivity index (χ1v) is 8.85. The van der Waals surface area contributed by atoms with E-state index in [0.29, 0.717) is 22.4 Å². The lowest BCUT2D eigenvalue weighted by Gasteiger charge is -2.18. The molecule has 3 heterocycles. The molecule has 1 N–H and O–H groups in total. The van der Waals surface area contributed by atoms with Gasteiger partial charge in [-0.3, -0.25) is 14.3 Å². The van der Waals surface area contributed by atoms with Gasteiger partial charge in [0.05, 0.1) is 29.4 Å². The molecule has 28 heavy (non-hydrogen) atoms. The summed E-state index contributed by atoms with van der Waals surface area (Å²) >= 11 is 0. The van der Waals surface area contributed by atoms with Crippen molar-refractivity contribution in [2.45, 2.75) is 19.6 Å². The molecule has 0 fully saturated rings. The summed E-state index contributed by atoms with van der Waals surface area (Å²) in [7, 11) is 0. The molecule has 0 aliphatic heterocycles. The van der Waals surface area contributed by atoms with Gasteiger partial charge in [0.15, 0.2) is 5.65 Å². The molecule has 4 aromatic rings. The van der Waals surface area contributed by atoms with Crippen LogP contribution < -0.4 is 11.2 Å². The molecule has 1 aromatic carbocycles. The van der Waals surface area contributed by atoms with E-state index in [0.717, 1.165) is 5.56 Å². The third-order valence-corrected chi connectivity index (χ3v) is 4.73. The highest BCUT2D eigenvalue weighted by Gasteiger charge is 2.20. The van der Waals surface area contributed by atoms with Crippen LogP contribution in [0.1, 0.15) is 24.2 Å². The Morgan fingerprint density at radius 1 is 0.964 bits per heavy atom. The van der Waals surface area contributed by atoms with Gasteiger partial charge in [-0.1, -0.05) is 18.2 Å². The summed E-state index contributed by atoms with van der Waals surface area (Å²) in [5.41, 5.74) is 1.29. The van der Waals surface area contributed by atoms with E-state index in [2.05, 4.69) is 9.97 Å². The minimum absolute atomic E-state index is 0.0929. The quantitative estimate of drug-likeness (QED) is 0.590. The number of rotatable bonds is 4. The maximum Gasteiger partial charge on any atom is 0.337 e. The Labute approximate surface area is 160 Å². The van der Waals surface area contributed by atoms with Crippen molar-refractivity contribution in [1.82, 2.24) is 19.1 Å². The Bertz CT molecular complexity index is 1240. The average Bonchev–Trinajstić information content (AvgIpc) is 2.75.